The third-order valence-corrected chi connectivity index (χ3v) is 4.32. The van der Waals surface area contributed by atoms with Crippen molar-refractivity contribution in [2.24, 2.45) is 11.8 Å². The fraction of sp³-hybridized carbons (Fsp3) is 0.500. The Hall–Kier alpha value is -1.08. The van der Waals surface area contributed by atoms with E-state index in [2.05, 4.69) is 48.6 Å². The first-order valence-electron chi connectivity index (χ1n) is 6.84. The Kier molecular flexibility index (Phi) is 3.02. The second-order valence-electron chi connectivity index (χ2n) is 5.39. The Bertz CT molecular complexity index is 395. The van der Waals surface area contributed by atoms with Gasteiger partial charge in [-0.3, -0.25) is 0 Å². The summed E-state index contributed by atoms with van der Waals surface area (Å²) in [6.45, 7) is 3.26. The second kappa shape index (κ2) is 4.66. The van der Waals surface area contributed by atoms with Gasteiger partial charge in [-0.2, -0.15) is 0 Å². The molecule has 0 radical (unpaired) electrons. The van der Waals surface area contributed by atoms with Gasteiger partial charge in [0.2, 0.25) is 0 Å². The highest BCUT2D eigenvalue weighted by molar-refractivity contribution is 5.32. The van der Waals surface area contributed by atoms with Gasteiger partial charge in [-0.1, -0.05) is 48.4 Å². The highest BCUT2D eigenvalue weighted by Crippen LogP contribution is 2.56. The normalized spacial score (nSPS) is 27.7. The highest BCUT2D eigenvalue weighted by Gasteiger charge is 2.46. The monoisotopic (exact) mass is 227 g/mol. The van der Waals surface area contributed by atoms with Crippen molar-refractivity contribution >= 4 is 0 Å². The van der Waals surface area contributed by atoms with E-state index in [1.165, 1.54) is 24.8 Å². The summed E-state index contributed by atoms with van der Waals surface area (Å²) in [6, 6.07) is 11.1. The van der Waals surface area contributed by atoms with Crippen molar-refractivity contribution in [2.75, 3.05) is 6.54 Å². The average molecular weight is 227 g/mol. The molecule has 1 N–H and O–H groups in total. The van der Waals surface area contributed by atoms with E-state index in [0.717, 1.165) is 18.4 Å². The standard InChI is InChI=1S/C16H21N/c1-12(13-6-3-2-4-7-13)17-11-10-16-14-8-5-9-15(14)16/h2-4,6-7,10,12,14-15,17H,5,8-9,11H2,1H3/t12-,14?,15?/m1/s1. The molecule has 1 aromatic rings. The Balaban J connectivity index is 1.49. The predicted molar refractivity (Wildman–Crippen MR) is 71.8 cm³/mol. The SMILES string of the molecule is C[C@@H](NCC=C1C2CCCC12)c1ccccc1. The van der Waals surface area contributed by atoms with Crippen molar-refractivity contribution in [2.45, 2.75) is 32.2 Å². The van der Waals surface area contributed by atoms with Gasteiger partial charge in [0.25, 0.3) is 0 Å². The largest absolute Gasteiger partial charge is 0.307 e. The molecule has 0 heterocycles. The van der Waals surface area contributed by atoms with Gasteiger partial charge in [-0.15, -0.1) is 0 Å². The first-order valence-corrected chi connectivity index (χ1v) is 6.84. The molecule has 0 saturated heterocycles. The lowest BCUT2D eigenvalue weighted by Gasteiger charge is -2.12. The molecule has 17 heavy (non-hydrogen) atoms. The fourth-order valence-corrected chi connectivity index (χ4v) is 3.21. The summed E-state index contributed by atoms with van der Waals surface area (Å²) in [7, 11) is 0. The first kappa shape index (κ1) is 11.0. The third-order valence-electron chi connectivity index (χ3n) is 4.32. The van der Waals surface area contributed by atoms with Gasteiger partial charge in [0.15, 0.2) is 0 Å². The Morgan fingerprint density at radius 1 is 1.24 bits per heavy atom. The van der Waals surface area contributed by atoms with Crippen molar-refractivity contribution in [3.8, 4) is 0 Å². The Labute approximate surface area is 104 Å². The van der Waals surface area contributed by atoms with Crippen LogP contribution in [0.3, 0.4) is 0 Å². The summed E-state index contributed by atoms with van der Waals surface area (Å²) in [5.41, 5.74) is 3.12. The van der Waals surface area contributed by atoms with Crippen molar-refractivity contribution in [3.05, 3.63) is 47.5 Å². The summed E-state index contributed by atoms with van der Waals surface area (Å²) in [5.74, 6) is 1.95. The van der Waals surface area contributed by atoms with Crippen LogP contribution in [0, 0.1) is 11.8 Å². The molecule has 0 spiro atoms. The molecule has 90 valence electrons. The number of benzene rings is 1. The maximum absolute atomic E-state index is 3.58. The van der Waals surface area contributed by atoms with E-state index in [-0.39, 0.29) is 0 Å². The number of rotatable bonds is 4. The zero-order valence-electron chi connectivity index (χ0n) is 10.5. The van der Waals surface area contributed by atoms with Gasteiger partial charge in [0, 0.05) is 12.6 Å². The molecule has 1 aromatic carbocycles. The smallest absolute Gasteiger partial charge is 0.0294 e. The molecular weight excluding hydrogens is 206 g/mol. The molecule has 0 bridgehead atoms. The number of allylic oxidation sites excluding steroid dienone is 1. The van der Waals surface area contributed by atoms with Crippen molar-refractivity contribution in [3.63, 3.8) is 0 Å². The first-order chi connectivity index (χ1) is 8.36. The van der Waals surface area contributed by atoms with Gasteiger partial charge in [0.1, 0.15) is 0 Å². The van der Waals surface area contributed by atoms with Gasteiger partial charge in [0.05, 0.1) is 0 Å². The van der Waals surface area contributed by atoms with Crippen LogP contribution >= 0.6 is 0 Å². The van der Waals surface area contributed by atoms with Crippen LogP contribution in [-0.4, -0.2) is 6.54 Å². The van der Waals surface area contributed by atoms with Gasteiger partial charge < -0.3 is 5.32 Å². The van der Waals surface area contributed by atoms with Crippen molar-refractivity contribution in [1.82, 2.24) is 5.32 Å². The lowest BCUT2D eigenvalue weighted by atomic mass is 10.1. The van der Waals surface area contributed by atoms with Crippen LogP contribution in [-0.2, 0) is 0 Å². The van der Waals surface area contributed by atoms with Crippen LogP contribution in [0.25, 0.3) is 0 Å². The van der Waals surface area contributed by atoms with E-state index in [0.29, 0.717) is 6.04 Å². The number of nitrogens with one attached hydrogen (secondary N) is 1. The van der Waals surface area contributed by atoms with E-state index in [4.69, 9.17) is 0 Å². The summed E-state index contributed by atoms with van der Waals surface area (Å²) < 4.78 is 0. The predicted octanol–water partition coefficient (Wildman–Crippen LogP) is 3.69. The second-order valence-corrected chi connectivity index (χ2v) is 5.39. The quantitative estimate of drug-likeness (QED) is 0.773. The highest BCUT2D eigenvalue weighted by atomic mass is 14.9. The number of fused-ring (bicyclic) bond motifs is 1. The van der Waals surface area contributed by atoms with E-state index in [9.17, 15) is 0 Å². The fourth-order valence-electron chi connectivity index (χ4n) is 3.21. The Morgan fingerprint density at radius 3 is 2.65 bits per heavy atom. The van der Waals surface area contributed by atoms with E-state index >= 15 is 0 Å². The summed E-state index contributed by atoms with van der Waals surface area (Å²) in [4.78, 5) is 0. The molecule has 3 rings (SSSR count). The zero-order chi connectivity index (χ0) is 11.7. The Morgan fingerprint density at radius 2 is 1.94 bits per heavy atom. The zero-order valence-corrected chi connectivity index (χ0v) is 10.5. The van der Waals surface area contributed by atoms with Crippen LogP contribution in [0.2, 0.25) is 0 Å². The molecule has 2 aliphatic carbocycles. The van der Waals surface area contributed by atoms with Crippen LogP contribution < -0.4 is 5.32 Å². The van der Waals surface area contributed by atoms with E-state index in [1.807, 2.05) is 0 Å². The molecule has 2 aliphatic rings. The molecule has 0 aliphatic heterocycles. The third kappa shape index (κ3) is 2.30. The minimum absolute atomic E-state index is 0.451. The van der Waals surface area contributed by atoms with E-state index < -0.39 is 0 Å². The molecule has 3 atom stereocenters. The minimum atomic E-state index is 0.451. The number of hydrogen-bond acceptors (Lipinski definition) is 1. The number of hydrogen-bond donors (Lipinski definition) is 1. The summed E-state index contributed by atoms with van der Waals surface area (Å²) in [6.07, 6.45) is 6.80. The van der Waals surface area contributed by atoms with Gasteiger partial charge in [-0.25, -0.2) is 0 Å². The topological polar surface area (TPSA) is 12.0 Å². The maximum Gasteiger partial charge on any atom is 0.0294 e. The molecule has 0 aromatic heterocycles. The average Bonchev–Trinajstić information content (AvgIpc) is 2.82. The van der Waals surface area contributed by atoms with Gasteiger partial charge in [-0.05, 0) is 37.2 Å². The van der Waals surface area contributed by atoms with Crippen LogP contribution in [0.4, 0.5) is 0 Å². The van der Waals surface area contributed by atoms with Crippen LogP contribution in [0.5, 0.6) is 0 Å². The van der Waals surface area contributed by atoms with Crippen molar-refractivity contribution < 1.29 is 0 Å². The molecule has 0 amide bonds. The molecule has 2 fully saturated rings. The summed E-state index contributed by atoms with van der Waals surface area (Å²) >= 11 is 0. The molecular formula is C16H21N. The lowest BCUT2D eigenvalue weighted by Crippen LogP contribution is -2.18. The van der Waals surface area contributed by atoms with Gasteiger partial charge >= 0.3 is 0 Å². The van der Waals surface area contributed by atoms with Crippen molar-refractivity contribution in [1.29, 1.82) is 0 Å². The lowest BCUT2D eigenvalue weighted by molar-refractivity contribution is 0.616. The van der Waals surface area contributed by atoms with E-state index in [1.54, 1.807) is 5.57 Å². The molecule has 1 nitrogen and oxygen atoms in total. The molecule has 2 unspecified atom stereocenters. The maximum atomic E-state index is 3.58. The van der Waals surface area contributed by atoms with Crippen LogP contribution in [0.15, 0.2) is 42.0 Å². The minimum Gasteiger partial charge on any atom is -0.307 e. The molecule has 1 heteroatoms. The summed E-state index contributed by atoms with van der Waals surface area (Å²) in [5, 5.41) is 3.58. The van der Waals surface area contributed by atoms with Crippen LogP contribution in [0.1, 0.15) is 37.8 Å². The molecule has 2 saturated carbocycles.